The summed E-state index contributed by atoms with van der Waals surface area (Å²) in [5.41, 5.74) is 0.232. The molecule has 2 rings (SSSR count). The van der Waals surface area contributed by atoms with Crippen LogP contribution in [-0.4, -0.2) is 52.2 Å². The summed E-state index contributed by atoms with van der Waals surface area (Å²) in [4.78, 5) is 0. The van der Waals surface area contributed by atoms with Crippen LogP contribution < -0.4 is 5.32 Å². The molecule has 2 fully saturated rings. The highest BCUT2D eigenvalue weighted by Gasteiger charge is 2.37. The summed E-state index contributed by atoms with van der Waals surface area (Å²) in [5, 5.41) is 3.48. The molecular formula is C11H21NO3. The zero-order valence-corrected chi connectivity index (χ0v) is 9.67. The van der Waals surface area contributed by atoms with Crippen molar-refractivity contribution in [1.29, 1.82) is 0 Å². The summed E-state index contributed by atoms with van der Waals surface area (Å²) in [6, 6.07) is 0. The van der Waals surface area contributed by atoms with Gasteiger partial charge in [-0.1, -0.05) is 6.92 Å². The van der Waals surface area contributed by atoms with Crippen LogP contribution in [0.1, 0.15) is 13.3 Å². The van der Waals surface area contributed by atoms with E-state index in [9.17, 15) is 0 Å². The Morgan fingerprint density at radius 3 is 2.47 bits per heavy atom. The molecule has 0 bridgehead atoms. The summed E-state index contributed by atoms with van der Waals surface area (Å²) in [6.45, 7) is 7.39. The fourth-order valence-corrected chi connectivity index (χ4v) is 2.11. The highest BCUT2D eigenvalue weighted by atomic mass is 16.5. The average molecular weight is 215 g/mol. The van der Waals surface area contributed by atoms with Gasteiger partial charge in [-0.2, -0.15) is 0 Å². The number of methoxy groups -OCH3 is 1. The van der Waals surface area contributed by atoms with Gasteiger partial charge >= 0.3 is 0 Å². The van der Waals surface area contributed by atoms with E-state index in [1.165, 1.54) is 0 Å². The van der Waals surface area contributed by atoms with Crippen LogP contribution in [0.15, 0.2) is 0 Å². The van der Waals surface area contributed by atoms with Crippen LogP contribution in [0.5, 0.6) is 0 Å². The fraction of sp³-hybridized carbons (Fsp3) is 1.00. The molecule has 2 heterocycles. The Labute approximate surface area is 91.3 Å². The molecule has 2 saturated heterocycles. The Hall–Kier alpha value is -0.160. The summed E-state index contributed by atoms with van der Waals surface area (Å²) in [6.07, 6.45) is 0.990. The largest absolute Gasteiger partial charge is 0.380 e. The van der Waals surface area contributed by atoms with E-state index < -0.39 is 0 Å². The van der Waals surface area contributed by atoms with Gasteiger partial charge in [0.15, 0.2) is 0 Å². The highest BCUT2D eigenvalue weighted by molar-refractivity contribution is 4.89. The van der Waals surface area contributed by atoms with Crippen molar-refractivity contribution >= 4 is 0 Å². The van der Waals surface area contributed by atoms with E-state index in [0.717, 1.165) is 39.3 Å². The number of rotatable bonds is 5. The molecule has 0 aromatic carbocycles. The molecule has 1 atom stereocenters. The van der Waals surface area contributed by atoms with E-state index in [4.69, 9.17) is 14.2 Å². The minimum absolute atomic E-state index is 0.0963. The van der Waals surface area contributed by atoms with Crippen LogP contribution in [0.25, 0.3) is 0 Å². The van der Waals surface area contributed by atoms with Crippen molar-refractivity contribution in [1.82, 2.24) is 5.32 Å². The highest BCUT2D eigenvalue weighted by Crippen LogP contribution is 2.26. The zero-order valence-electron chi connectivity index (χ0n) is 9.67. The van der Waals surface area contributed by atoms with Gasteiger partial charge in [0.2, 0.25) is 0 Å². The Morgan fingerprint density at radius 1 is 1.20 bits per heavy atom. The Morgan fingerprint density at radius 2 is 2.00 bits per heavy atom. The maximum Gasteiger partial charge on any atom is 0.106 e. The van der Waals surface area contributed by atoms with Crippen molar-refractivity contribution in [2.75, 3.05) is 46.6 Å². The summed E-state index contributed by atoms with van der Waals surface area (Å²) in [7, 11) is 1.77. The van der Waals surface area contributed by atoms with Crippen LogP contribution in [-0.2, 0) is 14.2 Å². The first kappa shape index (κ1) is 11.3. The van der Waals surface area contributed by atoms with E-state index in [1.54, 1.807) is 7.11 Å². The van der Waals surface area contributed by atoms with Crippen molar-refractivity contribution in [3.8, 4) is 0 Å². The second-order valence-electron chi connectivity index (χ2n) is 5.10. The van der Waals surface area contributed by atoms with E-state index in [0.29, 0.717) is 12.0 Å². The van der Waals surface area contributed by atoms with Gasteiger partial charge in [0.25, 0.3) is 0 Å². The molecule has 0 aromatic rings. The Balaban J connectivity index is 1.71. The molecule has 0 amide bonds. The number of nitrogens with one attached hydrogen (secondary N) is 1. The molecule has 1 unspecified atom stereocenters. The fourth-order valence-electron chi connectivity index (χ4n) is 2.11. The molecule has 4 nitrogen and oxygen atoms in total. The molecule has 0 radical (unpaired) electrons. The molecule has 4 heteroatoms. The first-order chi connectivity index (χ1) is 7.18. The molecule has 15 heavy (non-hydrogen) atoms. The summed E-state index contributed by atoms with van der Waals surface area (Å²) < 4.78 is 16.1. The van der Waals surface area contributed by atoms with Gasteiger partial charge in [-0.15, -0.1) is 0 Å². The SMILES string of the molecule is COC1(CNCC2(C)COC2)CCOC1. The number of ether oxygens (including phenoxy) is 3. The molecule has 0 saturated carbocycles. The standard InChI is InChI=1S/C11H21NO3/c1-10(7-15-8-10)5-12-6-11(13-2)3-4-14-9-11/h12H,3-9H2,1-2H3. The summed E-state index contributed by atoms with van der Waals surface area (Å²) >= 11 is 0. The van der Waals surface area contributed by atoms with Crippen LogP contribution in [0.3, 0.4) is 0 Å². The lowest BCUT2D eigenvalue weighted by molar-refractivity contribution is -0.102. The molecule has 0 aromatic heterocycles. The smallest absolute Gasteiger partial charge is 0.106 e. The Bertz CT molecular complexity index is 210. The third-order valence-corrected chi connectivity index (χ3v) is 3.40. The van der Waals surface area contributed by atoms with Crippen LogP contribution in [0, 0.1) is 5.41 Å². The third kappa shape index (κ3) is 2.50. The van der Waals surface area contributed by atoms with Gasteiger partial charge in [-0.25, -0.2) is 0 Å². The third-order valence-electron chi connectivity index (χ3n) is 3.40. The van der Waals surface area contributed by atoms with Crippen LogP contribution in [0.2, 0.25) is 0 Å². The molecule has 2 aliphatic heterocycles. The van der Waals surface area contributed by atoms with E-state index in [1.807, 2.05) is 0 Å². The number of hydrogen-bond donors (Lipinski definition) is 1. The van der Waals surface area contributed by atoms with Gasteiger partial charge in [-0.3, -0.25) is 0 Å². The molecule has 0 aliphatic carbocycles. The van der Waals surface area contributed by atoms with E-state index >= 15 is 0 Å². The lowest BCUT2D eigenvalue weighted by atomic mass is 9.88. The van der Waals surface area contributed by atoms with Gasteiger partial charge in [0.1, 0.15) is 5.60 Å². The monoisotopic (exact) mass is 215 g/mol. The van der Waals surface area contributed by atoms with Crippen molar-refractivity contribution in [2.24, 2.45) is 5.41 Å². The zero-order chi connectivity index (χ0) is 10.8. The van der Waals surface area contributed by atoms with E-state index in [-0.39, 0.29) is 5.60 Å². The predicted octanol–water partition coefficient (Wildman–Crippen LogP) is 0.418. The van der Waals surface area contributed by atoms with Crippen LogP contribution >= 0.6 is 0 Å². The minimum atomic E-state index is -0.0963. The first-order valence-electron chi connectivity index (χ1n) is 5.60. The quantitative estimate of drug-likeness (QED) is 0.721. The molecule has 2 aliphatic rings. The molecule has 88 valence electrons. The topological polar surface area (TPSA) is 39.7 Å². The van der Waals surface area contributed by atoms with Crippen molar-refractivity contribution in [3.05, 3.63) is 0 Å². The van der Waals surface area contributed by atoms with Crippen molar-refractivity contribution < 1.29 is 14.2 Å². The summed E-state index contributed by atoms with van der Waals surface area (Å²) in [5.74, 6) is 0. The van der Waals surface area contributed by atoms with Crippen LogP contribution in [0.4, 0.5) is 0 Å². The minimum Gasteiger partial charge on any atom is -0.380 e. The molecule has 1 N–H and O–H groups in total. The Kier molecular flexibility index (Phi) is 3.30. The van der Waals surface area contributed by atoms with Crippen molar-refractivity contribution in [3.63, 3.8) is 0 Å². The average Bonchev–Trinajstić information content (AvgIpc) is 2.65. The lowest BCUT2D eigenvalue weighted by Gasteiger charge is -2.39. The lowest BCUT2D eigenvalue weighted by Crippen LogP contribution is -2.51. The predicted molar refractivity (Wildman–Crippen MR) is 57.0 cm³/mol. The maximum absolute atomic E-state index is 5.55. The molecular weight excluding hydrogens is 194 g/mol. The number of hydrogen-bond acceptors (Lipinski definition) is 4. The van der Waals surface area contributed by atoms with Gasteiger partial charge in [0, 0.05) is 38.6 Å². The normalized spacial score (nSPS) is 34.0. The van der Waals surface area contributed by atoms with Gasteiger partial charge in [0.05, 0.1) is 19.8 Å². The second kappa shape index (κ2) is 4.37. The first-order valence-corrected chi connectivity index (χ1v) is 5.60. The maximum atomic E-state index is 5.55. The van der Waals surface area contributed by atoms with Crippen molar-refractivity contribution in [2.45, 2.75) is 18.9 Å². The van der Waals surface area contributed by atoms with Gasteiger partial charge < -0.3 is 19.5 Å². The van der Waals surface area contributed by atoms with Gasteiger partial charge in [-0.05, 0) is 0 Å². The second-order valence-corrected chi connectivity index (χ2v) is 5.10. The van der Waals surface area contributed by atoms with E-state index in [2.05, 4.69) is 12.2 Å². The molecule has 0 spiro atoms.